The van der Waals surface area contributed by atoms with E-state index < -0.39 is 17.8 Å². The number of nitrogens with zero attached hydrogens (tertiary/aromatic N) is 5. The molecule has 38 heavy (non-hydrogen) atoms. The van der Waals surface area contributed by atoms with Crippen molar-refractivity contribution >= 4 is 43.3 Å². The van der Waals surface area contributed by atoms with E-state index in [0.717, 1.165) is 43.8 Å². The molecule has 1 amide bonds. The molecular formula is C26H19Br2F3N6O. The predicted octanol–water partition coefficient (Wildman–Crippen LogP) is 6.66. The van der Waals surface area contributed by atoms with Gasteiger partial charge in [0.15, 0.2) is 5.82 Å². The first-order chi connectivity index (χ1) is 18.1. The Morgan fingerprint density at radius 3 is 2.39 bits per heavy atom. The molecule has 5 rings (SSSR count). The van der Waals surface area contributed by atoms with Gasteiger partial charge in [0.25, 0.3) is 5.91 Å². The summed E-state index contributed by atoms with van der Waals surface area (Å²) in [5, 5.41) is 2.47. The number of imidazole rings is 1. The Kier molecular flexibility index (Phi) is 8.52. The molecule has 0 aliphatic heterocycles. The SMILES string of the molecule is Cc1cccc(-c2ncc3ccc(Br)cn23)n1.O=C(NCc1ccc(Br)cn1)c1cccc(C(F)(F)F)n1. The average molecular weight is 648 g/mol. The maximum Gasteiger partial charge on any atom is 0.433 e. The Labute approximate surface area is 232 Å². The van der Waals surface area contributed by atoms with E-state index in [1.54, 1.807) is 18.3 Å². The largest absolute Gasteiger partial charge is 0.433 e. The molecule has 194 valence electrons. The molecule has 5 heterocycles. The number of halogens is 5. The van der Waals surface area contributed by atoms with Gasteiger partial charge in [-0.1, -0.05) is 12.1 Å². The van der Waals surface area contributed by atoms with Gasteiger partial charge in [-0.3, -0.25) is 14.2 Å². The van der Waals surface area contributed by atoms with Crippen LogP contribution in [0.15, 0.2) is 88.2 Å². The van der Waals surface area contributed by atoms with Gasteiger partial charge in [0.2, 0.25) is 0 Å². The molecule has 0 spiro atoms. The number of fused-ring (bicyclic) bond motifs is 1. The number of aryl methyl sites for hydroxylation is 1. The third kappa shape index (κ3) is 7.01. The van der Waals surface area contributed by atoms with Crippen molar-refractivity contribution in [2.24, 2.45) is 0 Å². The first-order valence-corrected chi connectivity index (χ1v) is 12.7. The topological polar surface area (TPSA) is 85.1 Å². The second kappa shape index (κ2) is 11.8. The lowest BCUT2D eigenvalue weighted by Gasteiger charge is -2.08. The van der Waals surface area contributed by atoms with Crippen LogP contribution >= 0.6 is 31.9 Å². The molecule has 0 fully saturated rings. The Balaban J connectivity index is 0.000000180. The molecule has 5 aromatic rings. The fraction of sp³-hybridized carbons (Fsp3) is 0.115. The quantitative estimate of drug-likeness (QED) is 0.236. The van der Waals surface area contributed by atoms with E-state index >= 15 is 0 Å². The third-order valence-electron chi connectivity index (χ3n) is 5.10. The molecule has 0 aliphatic rings. The molecule has 0 aromatic carbocycles. The summed E-state index contributed by atoms with van der Waals surface area (Å²) in [5.74, 6) is 0.177. The molecule has 7 nitrogen and oxygen atoms in total. The second-order valence-corrected chi connectivity index (χ2v) is 9.78. The summed E-state index contributed by atoms with van der Waals surface area (Å²) in [6.07, 6.45) is 0.834. The van der Waals surface area contributed by atoms with Gasteiger partial charge in [0, 0.05) is 27.0 Å². The smallest absolute Gasteiger partial charge is 0.345 e. The van der Waals surface area contributed by atoms with Crippen molar-refractivity contribution in [1.29, 1.82) is 0 Å². The summed E-state index contributed by atoms with van der Waals surface area (Å²) in [6.45, 7) is 2.08. The lowest BCUT2D eigenvalue weighted by atomic mass is 10.2. The number of carbonyl (C=O) groups excluding carboxylic acids is 1. The molecule has 12 heteroatoms. The van der Waals surface area contributed by atoms with Crippen LogP contribution in [0.5, 0.6) is 0 Å². The van der Waals surface area contributed by atoms with Gasteiger partial charge in [0.1, 0.15) is 17.1 Å². The third-order valence-corrected chi connectivity index (χ3v) is 6.04. The van der Waals surface area contributed by atoms with Crippen LogP contribution in [0, 0.1) is 6.92 Å². The van der Waals surface area contributed by atoms with Crippen LogP contribution in [-0.4, -0.2) is 30.2 Å². The number of aromatic nitrogens is 5. The number of hydrogen-bond donors (Lipinski definition) is 1. The summed E-state index contributed by atoms with van der Waals surface area (Å²) < 4.78 is 41.4. The lowest BCUT2D eigenvalue weighted by molar-refractivity contribution is -0.141. The normalized spacial score (nSPS) is 11.1. The van der Waals surface area contributed by atoms with Crippen molar-refractivity contribution < 1.29 is 18.0 Å². The molecule has 0 saturated heterocycles. The van der Waals surface area contributed by atoms with E-state index in [1.165, 1.54) is 6.07 Å². The summed E-state index contributed by atoms with van der Waals surface area (Å²) in [5.41, 5.74) is 2.14. The molecule has 5 aromatic heterocycles. The van der Waals surface area contributed by atoms with Crippen LogP contribution in [0.25, 0.3) is 17.0 Å². The van der Waals surface area contributed by atoms with Crippen LogP contribution in [0.1, 0.15) is 27.6 Å². The van der Waals surface area contributed by atoms with E-state index in [1.807, 2.05) is 54.0 Å². The fourth-order valence-electron chi connectivity index (χ4n) is 3.31. The Morgan fingerprint density at radius 2 is 1.68 bits per heavy atom. The van der Waals surface area contributed by atoms with E-state index in [4.69, 9.17) is 0 Å². The van der Waals surface area contributed by atoms with Crippen LogP contribution in [-0.2, 0) is 12.7 Å². The highest BCUT2D eigenvalue weighted by Gasteiger charge is 2.32. The highest BCUT2D eigenvalue weighted by molar-refractivity contribution is 9.10. The molecule has 0 unspecified atom stereocenters. The highest BCUT2D eigenvalue weighted by Crippen LogP contribution is 2.27. The number of hydrogen-bond acceptors (Lipinski definition) is 5. The monoisotopic (exact) mass is 646 g/mol. The predicted molar refractivity (Wildman–Crippen MR) is 143 cm³/mol. The lowest BCUT2D eigenvalue weighted by Crippen LogP contribution is -2.25. The maximum absolute atomic E-state index is 12.5. The Hall–Kier alpha value is -3.64. The van der Waals surface area contributed by atoms with Gasteiger partial charge in [0.05, 0.1) is 24.0 Å². The molecule has 0 radical (unpaired) electrons. The molecule has 1 N–H and O–H groups in total. The van der Waals surface area contributed by atoms with Gasteiger partial charge < -0.3 is 5.32 Å². The van der Waals surface area contributed by atoms with Crippen LogP contribution in [0.2, 0.25) is 0 Å². The minimum absolute atomic E-state index is 0.101. The molecule has 0 aliphatic carbocycles. The van der Waals surface area contributed by atoms with Crippen molar-refractivity contribution in [3.63, 3.8) is 0 Å². The van der Waals surface area contributed by atoms with Gasteiger partial charge in [-0.2, -0.15) is 13.2 Å². The van der Waals surface area contributed by atoms with Gasteiger partial charge in [-0.25, -0.2) is 15.0 Å². The summed E-state index contributed by atoms with van der Waals surface area (Å²) in [7, 11) is 0. The number of nitrogens with one attached hydrogen (secondary N) is 1. The Bertz CT molecular complexity index is 1570. The van der Waals surface area contributed by atoms with E-state index in [2.05, 4.69) is 57.1 Å². The molecule has 0 saturated carbocycles. The van der Waals surface area contributed by atoms with Crippen molar-refractivity contribution in [1.82, 2.24) is 29.7 Å². The highest BCUT2D eigenvalue weighted by atomic mass is 79.9. The summed E-state index contributed by atoms with van der Waals surface area (Å²) in [4.78, 5) is 28.1. The number of rotatable bonds is 4. The zero-order valence-corrected chi connectivity index (χ0v) is 22.9. The van der Waals surface area contributed by atoms with Crippen LogP contribution in [0.3, 0.4) is 0 Å². The van der Waals surface area contributed by atoms with Gasteiger partial charge in [-0.15, -0.1) is 0 Å². The number of alkyl halides is 3. The van der Waals surface area contributed by atoms with E-state index in [-0.39, 0.29) is 12.2 Å². The zero-order chi connectivity index (χ0) is 27.3. The maximum atomic E-state index is 12.5. The minimum Gasteiger partial charge on any atom is -0.345 e. The zero-order valence-electron chi connectivity index (χ0n) is 19.7. The van der Waals surface area contributed by atoms with Crippen molar-refractivity contribution in [2.75, 3.05) is 0 Å². The fourth-order valence-corrected chi connectivity index (χ4v) is 3.88. The minimum atomic E-state index is -4.58. The average Bonchev–Trinajstić information content (AvgIpc) is 3.31. The van der Waals surface area contributed by atoms with Gasteiger partial charge >= 0.3 is 6.18 Å². The van der Waals surface area contributed by atoms with E-state index in [9.17, 15) is 18.0 Å². The van der Waals surface area contributed by atoms with Gasteiger partial charge in [-0.05, 0) is 87.3 Å². The molecule has 0 atom stereocenters. The number of amides is 1. The van der Waals surface area contributed by atoms with Crippen LogP contribution in [0.4, 0.5) is 13.2 Å². The standard InChI is InChI=1S/C13H9BrF3N3O.C13H10BrN3/c14-8-4-5-9(18-6-8)7-19-12(21)10-2-1-3-11(20-10)13(15,16)17;1-9-3-2-4-12(16-9)13-15-7-11-6-5-10(14)8-17(11)13/h1-6H,7H2,(H,19,21);2-8H,1H3. The number of carbonyl (C=O) groups is 1. The van der Waals surface area contributed by atoms with E-state index in [0.29, 0.717) is 5.69 Å². The first kappa shape index (κ1) is 27.4. The summed E-state index contributed by atoms with van der Waals surface area (Å²) >= 11 is 6.69. The molecule has 0 bridgehead atoms. The summed E-state index contributed by atoms with van der Waals surface area (Å²) in [6, 6.07) is 16.6. The number of pyridine rings is 4. The Morgan fingerprint density at radius 1 is 0.921 bits per heavy atom. The van der Waals surface area contributed by atoms with Crippen molar-refractivity contribution in [2.45, 2.75) is 19.6 Å². The second-order valence-electron chi connectivity index (χ2n) is 7.94. The molecular weight excluding hydrogens is 629 g/mol. The van der Waals surface area contributed by atoms with Crippen molar-refractivity contribution in [3.05, 3.63) is 111 Å². The van der Waals surface area contributed by atoms with Crippen LogP contribution < -0.4 is 5.32 Å². The van der Waals surface area contributed by atoms with Crippen molar-refractivity contribution in [3.8, 4) is 11.5 Å². The first-order valence-electron chi connectivity index (χ1n) is 11.1.